The van der Waals surface area contributed by atoms with E-state index in [0.29, 0.717) is 6.42 Å². The molecule has 0 heterocycles. The highest BCUT2D eigenvalue weighted by atomic mass is 19.4. The van der Waals surface area contributed by atoms with Gasteiger partial charge in [0.1, 0.15) is 5.75 Å². The minimum absolute atomic E-state index is 0.0584. The van der Waals surface area contributed by atoms with Crippen LogP contribution in [-0.2, 0) is 4.74 Å². The molecular formula is C13H13F3O3. The zero-order valence-electron chi connectivity index (χ0n) is 10.1. The number of ether oxygens (including phenoxy) is 1. The van der Waals surface area contributed by atoms with Crippen molar-refractivity contribution in [3.05, 3.63) is 42.0 Å². The SMILES string of the molecule is CC/C=C/C(OC(=O)c1ccc(O)cc1)C(F)(F)F. The number of benzene rings is 1. The molecule has 1 aromatic carbocycles. The van der Waals surface area contributed by atoms with E-state index < -0.39 is 18.2 Å². The van der Waals surface area contributed by atoms with Crippen molar-refractivity contribution >= 4 is 5.97 Å². The Morgan fingerprint density at radius 2 is 1.95 bits per heavy atom. The molecule has 0 aromatic heterocycles. The molecule has 1 rings (SSSR count). The minimum atomic E-state index is -4.65. The van der Waals surface area contributed by atoms with Crippen LogP contribution in [0.5, 0.6) is 5.75 Å². The van der Waals surface area contributed by atoms with Crippen molar-refractivity contribution in [2.24, 2.45) is 0 Å². The van der Waals surface area contributed by atoms with Crippen molar-refractivity contribution in [1.29, 1.82) is 0 Å². The van der Waals surface area contributed by atoms with Gasteiger partial charge in [-0.2, -0.15) is 13.2 Å². The first kappa shape index (κ1) is 15.1. The Morgan fingerprint density at radius 3 is 2.42 bits per heavy atom. The van der Waals surface area contributed by atoms with Gasteiger partial charge in [-0.1, -0.05) is 13.0 Å². The van der Waals surface area contributed by atoms with Gasteiger partial charge in [0.2, 0.25) is 6.10 Å². The van der Waals surface area contributed by atoms with Crippen molar-refractivity contribution < 1.29 is 27.8 Å². The van der Waals surface area contributed by atoms with Gasteiger partial charge >= 0.3 is 12.1 Å². The number of carbonyl (C=O) groups excluding carboxylic acids is 1. The predicted molar refractivity (Wildman–Crippen MR) is 62.8 cm³/mol. The monoisotopic (exact) mass is 274 g/mol. The molecule has 0 saturated heterocycles. The predicted octanol–water partition coefficient (Wildman–Crippen LogP) is 3.45. The Kier molecular flexibility index (Phi) is 4.97. The van der Waals surface area contributed by atoms with Crippen LogP contribution in [0, 0.1) is 0 Å². The Labute approximate surface area is 108 Å². The molecule has 0 bridgehead atoms. The number of esters is 1. The highest BCUT2D eigenvalue weighted by molar-refractivity contribution is 5.89. The number of allylic oxidation sites excluding steroid dienone is 1. The fourth-order valence-corrected chi connectivity index (χ4v) is 1.26. The Bertz CT molecular complexity index is 449. The maximum atomic E-state index is 12.6. The average Bonchev–Trinajstić information content (AvgIpc) is 2.33. The van der Waals surface area contributed by atoms with E-state index in [0.717, 1.165) is 6.08 Å². The van der Waals surface area contributed by atoms with Crippen LogP contribution in [0.3, 0.4) is 0 Å². The molecule has 6 heteroatoms. The quantitative estimate of drug-likeness (QED) is 0.675. The van der Waals surface area contributed by atoms with E-state index in [-0.39, 0.29) is 11.3 Å². The number of carbonyl (C=O) groups is 1. The second-order valence-electron chi connectivity index (χ2n) is 3.75. The van der Waals surface area contributed by atoms with Gasteiger partial charge in [0, 0.05) is 0 Å². The third kappa shape index (κ3) is 4.65. The largest absolute Gasteiger partial charge is 0.508 e. The smallest absolute Gasteiger partial charge is 0.429 e. The number of phenolic OH excluding ortho intramolecular Hbond substituents is 1. The molecule has 1 aromatic rings. The van der Waals surface area contributed by atoms with E-state index in [1.54, 1.807) is 6.92 Å². The Hall–Kier alpha value is -1.98. The van der Waals surface area contributed by atoms with Crippen LogP contribution in [0.2, 0.25) is 0 Å². The van der Waals surface area contributed by atoms with Crippen molar-refractivity contribution in [3.63, 3.8) is 0 Å². The Morgan fingerprint density at radius 1 is 1.37 bits per heavy atom. The first-order chi connectivity index (χ1) is 8.84. The molecule has 0 aliphatic heterocycles. The summed E-state index contributed by atoms with van der Waals surface area (Å²) in [7, 11) is 0. The number of alkyl halides is 3. The average molecular weight is 274 g/mol. The van der Waals surface area contributed by atoms with Gasteiger partial charge in [0.25, 0.3) is 0 Å². The zero-order chi connectivity index (χ0) is 14.5. The number of hydrogen-bond donors (Lipinski definition) is 1. The normalized spacial score (nSPS) is 13.5. The number of phenols is 1. The fraction of sp³-hybridized carbons (Fsp3) is 0.308. The first-order valence-corrected chi connectivity index (χ1v) is 5.58. The van der Waals surface area contributed by atoms with Crippen molar-refractivity contribution in [3.8, 4) is 5.75 Å². The van der Waals surface area contributed by atoms with Gasteiger partial charge < -0.3 is 9.84 Å². The topological polar surface area (TPSA) is 46.5 Å². The van der Waals surface area contributed by atoms with Crippen LogP contribution in [0.1, 0.15) is 23.7 Å². The van der Waals surface area contributed by atoms with E-state index in [1.165, 1.54) is 30.3 Å². The van der Waals surface area contributed by atoms with E-state index in [4.69, 9.17) is 5.11 Å². The van der Waals surface area contributed by atoms with Crippen LogP contribution < -0.4 is 0 Å². The molecular weight excluding hydrogens is 261 g/mol. The number of rotatable bonds is 4. The van der Waals surface area contributed by atoms with Gasteiger partial charge in [0.15, 0.2) is 0 Å². The van der Waals surface area contributed by atoms with Crippen molar-refractivity contribution in [2.75, 3.05) is 0 Å². The highest BCUT2D eigenvalue weighted by Crippen LogP contribution is 2.25. The molecule has 0 spiro atoms. The van der Waals surface area contributed by atoms with Gasteiger partial charge in [-0.15, -0.1) is 0 Å². The lowest BCUT2D eigenvalue weighted by atomic mass is 10.2. The summed E-state index contributed by atoms with van der Waals surface area (Å²) in [4.78, 5) is 11.5. The third-order valence-corrected chi connectivity index (χ3v) is 2.21. The van der Waals surface area contributed by atoms with E-state index in [1.807, 2.05) is 0 Å². The van der Waals surface area contributed by atoms with Crippen molar-refractivity contribution in [2.45, 2.75) is 25.6 Å². The molecule has 0 aliphatic carbocycles. The van der Waals surface area contributed by atoms with Crippen LogP contribution in [0.4, 0.5) is 13.2 Å². The lowest BCUT2D eigenvalue weighted by Crippen LogP contribution is -2.32. The van der Waals surface area contributed by atoms with Crippen LogP contribution in [0.25, 0.3) is 0 Å². The van der Waals surface area contributed by atoms with Gasteiger partial charge in [-0.05, 0) is 36.8 Å². The standard InChI is InChI=1S/C13H13F3O3/c1-2-3-4-11(13(14,15)16)19-12(18)9-5-7-10(17)8-6-9/h3-8,11,17H,2H2,1H3/b4-3+. The summed E-state index contributed by atoms with van der Waals surface area (Å²) in [6.07, 6.45) is -4.43. The summed E-state index contributed by atoms with van der Waals surface area (Å²) < 4.78 is 42.3. The molecule has 0 radical (unpaired) electrons. The van der Waals surface area contributed by atoms with E-state index in [2.05, 4.69) is 4.74 Å². The molecule has 19 heavy (non-hydrogen) atoms. The highest BCUT2D eigenvalue weighted by Gasteiger charge is 2.41. The summed E-state index contributed by atoms with van der Waals surface area (Å²) in [5.41, 5.74) is -0.0584. The number of halogens is 3. The summed E-state index contributed by atoms with van der Waals surface area (Å²) in [6.45, 7) is 1.67. The molecule has 104 valence electrons. The molecule has 1 atom stereocenters. The minimum Gasteiger partial charge on any atom is -0.508 e. The number of hydrogen-bond acceptors (Lipinski definition) is 3. The maximum Gasteiger partial charge on any atom is 0.429 e. The van der Waals surface area contributed by atoms with Crippen molar-refractivity contribution in [1.82, 2.24) is 0 Å². The fourth-order valence-electron chi connectivity index (χ4n) is 1.26. The summed E-state index contributed by atoms with van der Waals surface area (Å²) in [6, 6.07) is 4.77. The second kappa shape index (κ2) is 6.26. The van der Waals surface area contributed by atoms with E-state index in [9.17, 15) is 18.0 Å². The molecule has 0 amide bonds. The second-order valence-corrected chi connectivity index (χ2v) is 3.75. The molecule has 0 fully saturated rings. The molecule has 0 saturated carbocycles. The molecule has 1 N–H and O–H groups in total. The Balaban J connectivity index is 2.82. The third-order valence-electron chi connectivity index (χ3n) is 2.21. The van der Waals surface area contributed by atoms with Gasteiger partial charge in [-0.3, -0.25) is 0 Å². The number of aromatic hydroxyl groups is 1. The van der Waals surface area contributed by atoms with Gasteiger partial charge in [0.05, 0.1) is 5.56 Å². The van der Waals surface area contributed by atoms with Crippen LogP contribution in [-0.4, -0.2) is 23.4 Å². The lowest BCUT2D eigenvalue weighted by Gasteiger charge is -2.17. The van der Waals surface area contributed by atoms with Gasteiger partial charge in [-0.25, -0.2) is 4.79 Å². The molecule has 0 aliphatic rings. The van der Waals surface area contributed by atoms with Crippen LogP contribution >= 0.6 is 0 Å². The molecule has 1 unspecified atom stereocenters. The van der Waals surface area contributed by atoms with E-state index >= 15 is 0 Å². The lowest BCUT2D eigenvalue weighted by molar-refractivity contribution is -0.189. The summed E-state index contributed by atoms with van der Waals surface area (Å²) >= 11 is 0. The first-order valence-electron chi connectivity index (χ1n) is 5.58. The summed E-state index contributed by atoms with van der Waals surface area (Å²) in [5, 5.41) is 9.02. The summed E-state index contributed by atoms with van der Waals surface area (Å²) in [5.74, 6) is -1.18. The van der Waals surface area contributed by atoms with Crippen LogP contribution in [0.15, 0.2) is 36.4 Å². The molecule has 3 nitrogen and oxygen atoms in total. The zero-order valence-corrected chi connectivity index (χ0v) is 10.1. The maximum absolute atomic E-state index is 12.6.